The maximum Gasteiger partial charge on any atom is 0.226 e. The molecule has 0 saturated heterocycles. The van der Waals surface area contributed by atoms with Gasteiger partial charge in [-0.05, 0) is 42.5 Å². The second kappa shape index (κ2) is 6.02. The van der Waals surface area contributed by atoms with E-state index in [4.69, 9.17) is 0 Å². The number of carbonyl (C=O) groups is 1. The average molecular weight is 336 g/mol. The van der Waals surface area contributed by atoms with Gasteiger partial charge in [-0.1, -0.05) is 43.3 Å². The van der Waals surface area contributed by atoms with Crippen molar-refractivity contribution < 1.29 is 4.79 Å². The van der Waals surface area contributed by atoms with Crippen LogP contribution < -0.4 is 5.32 Å². The first-order chi connectivity index (χ1) is 11.6. The Hall–Kier alpha value is -2.20. The number of aryl methyl sites for hydroxylation is 1. The number of hydrogen-bond acceptors (Lipinski definition) is 3. The highest BCUT2D eigenvalue weighted by Crippen LogP contribution is 2.35. The highest BCUT2D eigenvalue weighted by atomic mass is 32.1. The van der Waals surface area contributed by atoms with Crippen LogP contribution >= 0.6 is 11.3 Å². The Morgan fingerprint density at radius 2 is 1.92 bits per heavy atom. The summed E-state index contributed by atoms with van der Waals surface area (Å²) in [5.41, 5.74) is 3.37. The molecule has 0 spiro atoms. The number of aromatic nitrogens is 1. The van der Waals surface area contributed by atoms with E-state index in [1.165, 1.54) is 15.8 Å². The van der Waals surface area contributed by atoms with Crippen LogP contribution in [0.5, 0.6) is 0 Å². The summed E-state index contributed by atoms with van der Waals surface area (Å²) in [6, 6.07) is 16.5. The fourth-order valence-corrected chi connectivity index (χ4v) is 4.36. The molecule has 1 atom stereocenters. The summed E-state index contributed by atoms with van der Waals surface area (Å²) in [6.45, 7) is 2.59. The second-order valence-electron chi connectivity index (χ2n) is 6.76. The third-order valence-corrected chi connectivity index (χ3v) is 5.97. The van der Waals surface area contributed by atoms with E-state index in [0.29, 0.717) is 6.54 Å². The van der Waals surface area contributed by atoms with E-state index in [2.05, 4.69) is 47.6 Å². The van der Waals surface area contributed by atoms with Crippen LogP contribution in [0.25, 0.3) is 10.2 Å². The number of carbonyl (C=O) groups excluding carboxylic acids is 1. The van der Waals surface area contributed by atoms with E-state index >= 15 is 0 Å². The molecule has 0 fully saturated rings. The topological polar surface area (TPSA) is 42.0 Å². The molecule has 122 valence electrons. The zero-order valence-electron chi connectivity index (χ0n) is 13.7. The number of benzene rings is 2. The number of thiazole rings is 1. The fourth-order valence-electron chi connectivity index (χ4n) is 3.45. The molecule has 2 aromatic carbocycles. The molecule has 0 bridgehead atoms. The Kier molecular flexibility index (Phi) is 3.85. The Labute approximate surface area is 145 Å². The molecule has 0 radical (unpaired) electrons. The molecule has 1 aromatic heterocycles. The van der Waals surface area contributed by atoms with Crippen molar-refractivity contribution in [2.75, 3.05) is 0 Å². The summed E-state index contributed by atoms with van der Waals surface area (Å²) in [6.07, 6.45) is 2.69. The van der Waals surface area contributed by atoms with Crippen molar-refractivity contribution in [1.29, 1.82) is 0 Å². The standard InChI is InChI=1S/C20H20N2OS/c1-20(11-10-14-6-2-3-7-15(14)12-20)19(23)21-13-18-22-16-8-4-5-9-17(16)24-18/h2-9H,10-13H2,1H3,(H,21,23). The Bertz CT molecular complexity index is 868. The van der Waals surface area contributed by atoms with Gasteiger partial charge in [0.2, 0.25) is 5.91 Å². The summed E-state index contributed by atoms with van der Waals surface area (Å²) in [5.74, 6) is 0.135. The molecule has 4 rings (SSSR count). The van der Waals surface area contributed by atoms with Gasteiger partial charge in [0.05, 0.1) is 22.2 Å². The van der Waals surface area contributed by atoms with Crippen molar-refractivity contribution in [2.24, 2.45) is 5.41 Å². The van der Waals surface area contributed by atoms with Gasteiger partial charge < -0.3 is 5.32 Å². The predicted molar refractivity (Wildman–Crippen MR) is 98.0 cm³/mol. The lowest BCUT2D eigenvalue weighted by Crippen LogP contribution is -2.42. The Morgan fingerprint density at radius 1 is 1.17 bits per heavy atom. The molecule has 1 N–H and O–H groups in total. The minimum atomic E-state index is -0.328. The minimum Gasteiger partial charge on any atom is -0.349 e. The second-order valence-corrected chi connectivity index (χ2v) is 7.88. The van der Waals surface area contributed by atoms with Crippen LogP contribution in [-0.4, -0.2) is 10.9 Å². The van der Waals surface area contributed by atoms with Gasteiger partial charge in [-0.15, -0.1) is 11.3 Å². The monoisotopic (exact) mass is 336 g/mol. The van der Waals surface area contributed by atoms with Crippen molar-refractivity contribution in [2.45, 2.75) is 32.7 Å². The fraction of sp³-hybridized carbons (Fsp3) is 0.300. The zero-order chi connectivity index (χ0) is 16.6. The van der Waals surface area contributed by atoms with Crippen molar-refractivity contribution in [1.82, 2.24) is 10.3 Å². The highest BCUT2D eigenvalue weighted by Gasteiger charge is 2.36. The maximum atomic E-state index is 12.8. The summed E-state index contributed by atoms with van der Waals surface area (Å²) >= 11 is 1.65. The van der Waals surface area contributed by atoms with Crippen LogP contribution in [0.4, 0.5) is 0 Å². The smallest absolute Gasteiger partial charge is 0.226 e. The first-order valence-electron chi connectivity index (χ1n) is 8.34. The van der Waals surface area contributed by atoms with Gasteiger partial charge in [0.1, 0.15) is 5.01 Å². The summed E-state index contributed by atoms with van der Waals surface area (Å²) in [4.78, 5) is 17.4. The summed E-state index contributed by atoms with van der Waals surface area (Å²) in [7, 11) is 0. The van der Waals surface area contributed by atoms with E-state index in [1.54, 1.807) is 11.3 Å². The van der Waals surface area contributed by atoms with Crippen molar-refractivity contribution in [3.05, 3.63) is 64.7 Å². The van der Waals surface area contributed by atoms with Crippen LogP contribution in [0.15, 0.2) is 48.5 Å². The van der Waals surface area contributed by atoms with Gasteiger partial charge in [-0.2, -0.15) is 0 Å². The van der Waals surface area contributed by atoms with Crippen LogP contribution in [0.2, 0.25) is 0 Å². The molecule has 1 unspecified atom stereocenters. The quantitative estimate of drug-likeness (QED) is 0.782. The first-order valence-corrected chi connectivity index (χ1v) is 9.15. The Balaban J connectivity index is 1.46. The van der Waals surface area contributed by atoms with Gasteiger partial charge in [0.25, 0.3) is 0 Å². The lowest BCUT2D eigenvalue weighted by molar-refractivity contribution is -0.131. The van der Waals surface area contributed by atoms with Crippen molar-refractivity contribution in [3.63, 3.8) is 0 Å². The third-order valence-electron chi connectivity index (χ3n) is 4.93. The molecule has 1 amide bonds. The number of nitrogens with one attached hydrogen (secondary N) is 1. The molecule has 3 aromatic rings. The normalized spacial score (nSPS) is 19.9. The number of para-hydroxylation sites is 1. The van der Waals surface area contributed by atoms with Crippen LogP contribution in [0.1, 0.15) is 29.5 Å². The molecule has 0 saturated carbocycles. The lowest BCUT2D eigenvalue weighted by atomic mass is 9.72. The molecule has 24 heavy (non-hydrogen) atoms. The number of hydrogen-bond donors (Lipinski definition) is 1. The van der Waals surface area contributed by atoms with Gasteiger partial charge in [0.15, 0.2) is 0 Å². The molecule has 0 aliphatic heterocycles. The van der Waals surface area contributed by atoms with Crippen molar-refractivity contribution in [3.8, 4) is 0 Å². The molecule has 1 heterocycles. The first kappa shape index (κ1) is 15.3. The Morgan fingerprint density at radius 3 is 2.75 bits per heavy atom. The van der Waals surface area contributed by atoms with E-state index in [-0.39, 0.29) is 11.3 Å². The van der Waals surface area contributed by atoms with Crippen LogP contribution in [-0.2, 0) is 24.2 Å². The van der Waals surface area contributed by atoms with Crippen LogP contribution in [0, 0.1) is 5.41 Å². The molecule has 3 nitrogen and oxygen atoms in total. The molecule has 4 heteroatoms. The molecule has 1 aliphatic rings. The summed E-state index contributed by atoms with van der Waals surface area (Å²) < 4.78 is 1.17. The van der Waals surface area contributed by atoms with Crippen LogP contribution in [0.3, 0.4) is 0 Å². The molecule has 1 aliphatic carbocycles. The van der Waals surface area contributed by atoms with Gasteiger partial charge in [0, 0.05) is 0 Å². The molecular weight excluding hydrogens is 316 g/mol. The molecular formula is C20H20N2OS. The number of nitrogens with zero attached hydrogens (tertiary/aromatic N) is 1. The lowest BCUT2D eigenvalue weighted by Gasteiger charge is -2.33. The maximum absolute atomic E-state index is 12.8. The zero-order valence-corrected chi connectivity index (χ0v) is 14.5. The SMILES string of the molecule is CC1(C(=O)NCc2nc3ccccc3s2)CCc2ccccc2C1. The highest BCUT2D eigenvalue weighted by molar-refractivity contribution is 7.18. The van der Waals surface area contributed by atoms with E-state index in [9.17, 15) is 4.79 Å². The van der Waals surface area contributed by atoms with E-state index < -0.39 is 0 Å². The number of amides is 1. The number of fused-ring (bicyclic) bond motifs is 2. The minimum absolute atomic E-state index is 0.135. The summed E-state index contributed by atoms with van der Waals surface area (Å²) in [5, 5.41) is 4.07. The van der Waals surface area contributed by atoms with E-state index in [0.717, 1.165) is 29.8 Å². The number of rotatable bonds is 3. The third kappa shape index (κ3) is 2.82. The van der Waals surface area contributed by atoms with Gasteiger partial charge in [-0.25, -0.2) is 4.98 Å². The van der Waals surface area contributed by atoms with Crippen molar-refractivity contribution >= 4 is 27.5 Å². The van der Waals surface area contributed by atoms with Gasteiger partial charge >= 0.3 is 0 Å². The van der Waals surface area contributed by atoms with Gasteiger partial charge in [-0.3, -0.25) is 4.79 Å². The largest absolute Gasteiger partial charge is 0.349 e. The predicted octanol–water partition coefficient (Wildman–Crippen LogP) is 4.11. The average Bonchev–Trinajstić information content (AvgIpc) is 3.02. The van der Waals surface area contributed by atoms with E-state index in [1.807, 2.05) is 18.2 Å².